The molecule has 0 bridgehead atoms. The lowest BCUT2D eigenvalue weighted by Gasteiger charge is -2.20. The average molecular weight is 333 g/mol. The predicted octanol–water partition coefficient (Wildman–Crippen LogP) is 2.82. The molecular formula is C18H27N3O3. The SMILES string of the molecule is COc1ccc(C(CN)c2cc(C(C)(C)C)n[nH]2)c(OC)c1OC. The number of nitrogens with two attached hydrogens (primary N) is 1. The lowest BCUT2D eigenvalue weighted by Crippen LogP contribution is -2.16. The number of nitrogens with one attached hydrogen (secondary N) is 1. The monoisotopic (exact) mass is 333 g/mol. The van der Waals surface area contributed by atoms with Crippen LogP contribution in [-0.2, 0) is 5.41 Å². The Bertz CT molecular complexity index is 689. The maximum absolute atomic E-state index is 6.07. The molecule has 0 aliphatic heterocycles. The Labute approximate surface area is 143 Å². The molecule has 1 unspecified atom stereocenters. The minimum absolute atomic E-state index is 0.0322. The second-order valence-electron chi connectivity index (χ2n) is 6.67. The zero-order chi connectivity index (χ0) is 17.9. The number of hydrogen-bond acceptors (Lipinski definition) is 5. The summed E-state index contributed by atoms with van der Waals surface area (Å²) in [4.78, 5) is 0. The van der Waals surface area contributed by atoms with Crippen molar-refractivity contribution in [2.45, 2.75) is 32.1 Å². The molecule has 132 valence electrons. The number of hydrogen-bond donors (Lipinski definition) is 2. The number of rotatable bonds is 6. The van der Waals surface area contributed by atoms with Crippen LogP contribution < -0.4 is 19.9 Å². The number of H-pyrrole nitrogens is 1. The predicted molar refractivity (Wildman–Crippen MR) is 94.3 cm³/mol. The standard InChI is InChI=1S/C18H27N3O3/c1-18(2,3)15-9-13(20-21-15)12(10-19)11-7-8-14(22-4)17(24-6)16(11)23-5/h7-9,12H,10,19H2,1-6H3,(H,20,21). The highest BCUT2D eigenvalue weighted by atomic mass is 16.5. The number of benzene rings is 1. The van der Waals surface area contributed by atoms with E-state index in [1.165, 1.54) is 0 Å². The molecule has 1 aromatic heterocycles. The summed E-state index contributed by atoms with van der Waals surface area (Å²) in [6.07, 6.45) is 0. The van der Waals surface area contributed by atoms with E-state index in [-0.39, 0.29) is 11.3 Å². The fourth-order valence-electron chi connectivity index (χ4n) is 2.72. The second-order valence-corrected chi connectivity index (χ2v) is 6.67. The van der Waals surface area contributed by atoms with Crippen molar-refractivity contribution in [3.05, 3.63) is 35.2 Å². The molecule has 1 atom stereocenters. The highest BCUT2D eigenvalue weighted by Crippen LogP contribution is 2.43. The maximum Gasteiger partial charge on any atom is 0.203 e. The van der Waals surface area contributed by atoms with E-state index in [9.17, 15) is 0 Å². The van der Waals surface area contributed by atoms with E-state index in [1.54, 1.807) is 21.3 Å². The van der Waals surface area contributed by atoms with Crippen LogP contribution in [0.1, 0.15) is 43.6 Å². The molecule has 24 heavy (non-hydrogen) atoms. The van der Waals surface area contributed by atoms with Crippen LogP contribution in [0.3, 0.4) is 0 Å². The first kappa shape index (κ1) is 18.1. The van der Waals surface area contributed by atoms with Crippen molar-refractivity contribution in [2.75, 3.05) is 27.9 Å². The molecule has 6 heteroatoms. The number of aromatic amines is 1. The van der Waals surface area contributed by atoms with Crippen molar-refractivity contribution in [3.8, 4) is 17.2 Å². The van der Waals surface area contributed by atoms with Crippen LogP contribution >= 0.6 is 0 Å². The number of nitrogens with zero attached hydrogens (tertiary/aromatic N) is 1. The Balaban J connectivity index is 2.53. The van der Waals surface area contributed by atoms with Gasteiger partial charge in [0.15, 0.2) is 11.5 Å². The first-order chi connectivity index (χ1) is 11.4. The number of aromatic nitrogens is 2. The van der Waals surface area contributed by atoms with Crippen LogP contribution in [0.25, 0.3) is 0 Å². The summed E-state index contributed by atoms with van der Waals surface area (Å²) < 4.78 is 16.4. The van der Waals surface area contributed by atoms with Crippen molar-refractivity contribution in [3.63, 3.8) is 0 Å². The Morgan fingerprint density at radius 3 is 2.21 bits per heavy atom. The minimum atomic E-state index is -0.0802. The Kier molecular flexibility index (Phi) is 5.39. The van der Waals surface area contributed by atoms with Crippen molar-refractivity contribution in [2.24, 2.45) is 5.73 Å². The molecule has 0 saturated carbocycles. The van der Waals surface area contributed by atoms with Crippen LogP contribution in [0, 0.1) is 0 Å². The third kappa shape index (κ3) is 3.33. The molecule has 0 spiro atoms. The molecule has 2 aromatic rings. The van der Waals surface area contributed by atoms with Gasteiger partial charge in [-0.1, -0.05) is 26.8 Å². The van der Waals surface area contributed by atoms with Gasteiger partial charge < -0.3 is 19.9 Å². The van der Waals surface area contributed by atoms with Gasteiger partial charge in [-0.3, -0.25) is 5.10 Å². The first-order valence-electron chi connectivity index (χ1n) is 7.92. The van der Waals surface area contributed by atoms with Crippen molar-refractivity contribution in [1.29, 1.82) is 0 Å². The van der Waals surface area contributed by atoms with Gasteiger partial charge in [-0.15, -0.1) is 0 Å². The molecule has 0 fully saturated rings. The molecule has 6 nitrogen and oxygen atoms in total. The van der Waals surface area contributed by atoms with Crippen molar-refractivity contribution in [1.82, 2.24) is 10.2 Å². The third-order valence-corrected chi connectivity index (χ3v) is 4.09. The lowest BCUT2D eigenvalue weighted by molar-refractivity contribution is 0.321. The average Bonchev–Trinajstić information content (AvgIpc) is 3.04. The molecule has 1 aromatic carbocycles. The molecule has 0 aliphatic carbocycles. The lowest BCUT2D eigenvalue weighted by atomic mass is 9.89. The number of methoxy groups -OCH3 is 3. The van der Waals surface area contributed by atoms with Crippen LogP contribution in [0.5, 0.6) is 17.2 Å². The summed E-state index contributed by atoms with van der Waals surface area (Å²) in [5.74, 6) is 1.72. The second kappa shape index (κ2) is 7.13. The van der Waals surface area contributed by atoms with E-state index in [1.807, 2.05) is 12.1 Å². The van der Waals surface area contributed by atoms with Crippen molar-refractivity contribution < 1.29 is 14.2 Å². The molecular weight excluding hydrogens is 306 g/mol. The van der Waals surface area contributed by atoms with E-state index in [2.05, 4.69) is 37.0 Å². The molecule has 3 N–H and O–H groups in total. The van der Waals surface area contributed by atoms with Gasteiger partial charge in [0.25, 0.3) is 0 Å². The van der Waals surface area contributed by atoms with E-state index in [0.29, 0.717) is 23.8 Å². The Morgan fingerprint density at radius 1 is 1.08 bits per heavy atom. The molecule has 0 aliphatic rings. The summed E-state index contributed by atoms with van der Waals surface area (Å²) in [6, 6.07) is 5.88. The van der Waals surface area contributed by atoms with Gasteiger partial charge >= 0.3 is 0 Å². The third-order valence-electron chi connectivity index (χ3n) is 4.09. The molecule has 2 rings (SSSR count). The Hall–Kier alpha value is -2.21. The van der Waals surface area contributed by atoms with Crippen LogP contribution in [0.4, 0.5) is 0 Å². The summed E-state index contributed by atoms with van der Waals surface area (Å²) in [6.45, 7) is 6.79. The smallest absolute Gasteiger partial charge is 0.203 e. The van der Waals surface area contributed by atoms with Gasteiger partial charge in [-0.05, 0) is 12.1 Å². The molecule has 0 saturated heterocycles. The minimum Gasteiger partial charge on any atom is -0.493 e. The largest absolute Gasteiger partial charge is 0.493 e. The first-order valence-corrected chi connectivity index (χ1v) is 7.92. The van der Waals surface area contributed by atoms with Crippen LogP contribution in [-0.4, -0.2) is 38.1 Å². The van der Waals surface area contributed by atoms with Gasteiger partial charge in [-0.2, -0.15) is 5.10 Å². The van der Waals surface area contributed by atoms with E-state index in [0.717, 1.165) is 17.0 Å². The number of ether oxygens (including phenoxy) is 3. The normalized spacial score (nSPS) is 12.8. The molecule has 0 radical (unpaired) electrons. The Morgan fingerprint density at radius 2 is 1.75 bits per heavy atom. The topological polar surface area (TPSA) is 82.4 Å². The quantitative estimate of drug-likeness (QED) is 0.849. The highest BCUT2D eigenvalue weighted by molar-refractivity contribution is 5.58. The summed E-state index contributed by atoms with van der Waals surface area (Å²) in [5, 5.41) is 7.56. The molecule has 0 amide bonds. The summed E-state index contributed by atoms with van der Waals surface area (Å²) in [5.41, 5.74) is 8.91. The fourth-order valence-corrected chi connectivity index (χ4v) is 2.72. The van der Waals surface area contributed by atoms with Crippen LogP contribution in [0.2, 0.25) is 0 Å². The zero-order valence-corrected chi connectivity index (χ0v) is 15.3. The van der Waals surface area contributed by atoms with Crippen molar-refractivity contribution >= 4 is 0 Å². The highest BCUT2D eigenvalue weighted by Gasteiger charge is 2.26. The van der Waals surface area contributed by atoms with E-state index in [4.69, 9.17) is 19.9 Å². The van der Waals surface area contributed by atoms with Gasteiger partial charge in [0, 0.05) is 29.1 Å². The zero-order valence-electron chi connectivity index (χ0n) is 15.3. The van der Waals surface area contributed by atoms with Gasteiger partial charge in [-0.25, -0.2) is 0 Å². The maximum atomic E-state index is 6.07. The van der Waals surface area contributed by atoms with E-state index < -0.39 is 0 Å². The fraction of sp³-hybridized carbons (Fsp3) is 0.500. The van der Waals surface area contributed by atoms with E-state index >= 15 is 0 Å². The van der Waals surface area contributed by atoms with Gasteiger partial charge in [0.2, 0.25) is 5.75 Å². The van der Waals surface area contributed by atoms with Crippen LogP contribution in [0.15, 0.2) is 18.2 Å². The summed E-state index contributed by atoms with van der Waals surface area (Å²) in [7, 11) is 4.80. The van der Waals surface area contributed by atoms with Gasteiger partial charge in [0.1, 0.15) is 0 Å². The van der Waals surface area contributed by atoms with Gasteiger partial charge in [0.05, 0.1) is 27.0 Å². The summed E-state index contributed by atoms with van der Waals surface area (Å²) >= 11 is 0. The molecule has 1 heterocycles.